The summed E-state index contributed by atoms with van der Waals surface area (Å²) in [6.45, 7) is 4.79. The molecule has 5 heteroatoms. The number of carbonyl (C=O) groups excluding carboxylic acids is 2. The van der Waals surface area contributed by atoms with E-state index in [0.29, 0.717) is 11.6 Å². The van der Waals surface area contributed by atoms with Gasteiger partial charge in [0.05, 0.1) is 7.11 Å². The molecular formula is C19H28N2O3. The summed E-state index contributed by atoms with van der Waals surface area (Å²) in [6.07, 6.45) is 3.49. The van der Waals surface area contributed by atoms with Crippen LogP contribution in [0.1, 0.15) is 49.4 Å². The van der Waals surface area contributed by atoms with Gasteiger partial charge in [0.1, 0.15) is 5.75 Å². The van der Waals surface area contributed by atoms with E-state index in [0.717, 1.165) is 44.6 Å². The summed E-state index contributed by atoms with van der Waals surface area (Å²) in [6, 6.07) is 7.36. The molecule has 2 rings (SSSR count). The number of nitrogens with zero attached hydrogens (tertiary/aromatic N) is 1. The van der Waals surface area contributed by atoms with E-state index in [2.05, 4.69) is 12.2 Å². The molecule has 1 N–H and O–H groups in total. The molecule has 1 fully saturated rings. The van der Waals surface area contributed by atoms with E-state index in [-0.39, 0.29) is 24.5 Å². The molecule has 0 atom stereocenters. The van der Waals surface area contributed by atoms with E-state index in [1.54, 1.807) is 31.4 Å². The molecule has 0 spiro atoms. The normalized spacial score (nSPS) is 15.1. The SMILES string of the molecule is CCCN(C(=O)CCC(=O)c1ccc(OC)cc1)C1CCNCC1. The molecule has 1 aromatic carbocycles. The predicted molar refractivity (Wildman–Crippen MR) is 94.5 cm³/mol. The van der Waals surface area contributed by atoms with E-state index >= 15 is 0 Å². The third-order valence-electron chi connectivity index (χ3n) is 4.51. The summed E-state index contributed by atoms with van der Waals surface area (Å²) in [4.78, 5) is 26.9. The van der Waals surface area contributed by atoms with Crippen LogP contribution in [-0.2, 0) is 4.79 Å². The zero-order chi connectivity index (χ0) is 17.4. The fraction of sp³-hybridized carbons (Fsp3) is 0.579. The minimum absolute atomic E-state index is 0.00719. The van der Waals surface area contributed by atoms with Crippen molar-refractivity contribution in [3.8, 4) is 5.75 Å². The van der Waals surface area contributed by atoms with Crippen molar-refractivity contribution < 1.29 is 14.3 Å². The third-order valence-corrected chi connectivity index (χ3v) is 4.51. The number of rotatable bonds is 8. The van der Waals surface area contributed by atoms with Gasteiger partial charge in [-0.05, 0) is 56.6 Å². The Hall–Kier alpha value is -1.88. The Kier molecular flexibility index (Phi) is 7.25. The Balaban J connectivity index is 1.89. The van der Waals surface area contributed by atoms with Gasteiger partial charge in [-0.2, -0.15) is 0 Å². The number of benzene rings is 1. The molecule has 24 heavy (non-hydrogen) atoms. The van der Waals surface area contributed by atoms with Crippen molar-refractivity contribution in [1.82, 2.24) is 10.2 Å². The highest BCUT2D eigenvalue weighted by atomic mass is 16.5. The molecule has 0 bridgehead atoms. The maximum absolute atomic E-state index is 12.6. The van der Waals surface area contributed by atoms with Crippen LogP contribution < -0.4 is 10.1 Å². The van der Waals surface area contributed by atoms with Crippen LogP contribution in [0.15, 0.2) is 24.3 Å². The first kappa shape index (κ1) is 18.5. The number of Topliss-reactive ketones (excluding diaryl/α,β-unsaturated/α-hetero) is 1. The maximum atomic E-state index is 12.6. The molecule has 1 saturated heterocycles. The van der Waals surface area contributed by atoms with Crippen molar-refractivity contribution in [2.75, 3.05) is 26.7 Å². The number of carbonyl (C=O) groups is 2. The Morgan fingerprint density at radius 3 is 2.42 bits per heavy atom. The molecule has 0 aromatic heterocycles. The van der Waals surface area contributed by atoms with Crippen molar-refractivity contribution in [1.29, 1.82) is 0 Å². The number of methoxy groups -OCH3 is 1. The van der Waals surface area contributed by atoms with Crippen molar-refractivity contribution in [2.45, 2.75) is 45.1 Å². The first-order valence-corrected chi connectivity index (χ1v) is 8.83. The van der Waals surface area contributed by atoms with Crippen molar-refractivity contribution in [2.24, 2.45) is 0 Å². The van der Waals surface area contributed by atoms with Gasteiger partial charge in [-0.25, -0.2) is 0 Å². The lowest BCUT2D eigenvalue weighted by molar-refractivity contribution is -0.134. The molecular weight excluding hydrogens is 304 g/mol. The van der Waals surface area contributed by atoms with Gasteiger partial charge < -0.3 is 15.0 Å². The van der Waals surface area contributed by atoms with Crippen LogP contribution in [0, 0.1) is 0 Å². The maximum Gasteiger partial charge on any atom is 0.223 e. The second-order valence-electron chi connectivity index (χ2n) is 6.22. The molecule has 5 nitrogen and oxygen atoms in total. The molecule has 1 amide bonds. The number of amides is 1. The summed E-state index contributed by atoms with van der Waals surface area (Å²) < 4.78 is 5.10. The molecule has 1 aliphatic rings. The number of nitrogens with one attached hydrogen (secondary N) is 1. The minimum atomic E-state index is 0.00719. The number of ether oxygens (including phenoxy) is 1. The molecule has 1 aromatic rings. The lowest BCUT2D eigenvalue weighted by Gasteiger charge is -2.34. The summed E-state index contributed by atoms with van der Waals surface area (Å²) in [7, 11) is 1.60. The Morgan fingerprint density at radius 2 is 1.83 bits per heavy atom. The van der Waals surface area contributed by atoms with Crippen LogP contribution in [0.4, 0.5) is 0 Å². The van der Waals surface area contributed by atoms with E-state index in [9.17, 15) is 9.59 Å². The number of hydrogen-bond acceptors (Lipinski definition) is 4. The molecule has 1 heterocycles. The van der Waals surface area contributed by atoms with E-state index in [1.165, 1.54) is 0 Å². The number of piperidine rings is 1. The highest BCUT2D eigenvalue weighted by Crippen LogP contribution is 2.17. The van der Waals surface area contributed by atoms with Crippen molar-refractivity contribution in [3.63, 3.8) is 0 Å². The summed E-state index contributed by atoms with van der Waals surface area (Å²) in [5, 5.41) is 3.33. The van der Waals surface area contributed by atoms with E-state index in [4.69, 9.17) is 4.74 Å². The van der Waals surface area contributed by atoms with Crippen LogP contribution in [-0.4, -0.2) is 49.4 Å². The largest absolute Gasteiger partial charge is 0.497 e. The van der Waals surface area contributed by atoms with Crippen LogP contribution in [0.25, 0.3) is 0 Å². The average Bonchev–Trinajstić information content (AvgIpc) is 2.64. The highest BCUT2D eigenvalue weighted by molar-refractivity contribution is 5.98. The molecule has 1 aliphatic heterocycles. The smallest absolute Gasteiger partial charge is 0.223 e. The van der Waals surface area contributed by atoms with Gasteiger partial charge in [-0.1, -0.05) is 6.92 Å². The highest BCUT2D eigenvalue weighted by Gasteiger charge is 2.24. The predicted octanol–water partition coefficient (Wildman–Crippen LogP) is 2.65. The van der Waals surface area contributed by atoms with Crippen molar-refractivity contribution in [3.05, 3.63) is 29.8 Å². The van der Waals surface area contributed by atoms with Gasteiger partial charge in [-0.3, -0.25) is 9.59 Å². The standard InChI is InChI=1S/C19H28N2O3/c1-3-14-21(16-10-12-20-13-11-16)19(23)9-8-18(22)15-4-6-17(24-2)7-5-15/h4-7,16,20H,3,8-14H2,1-2H3. The molecule has 0 saturated carbocycles. The number of hydrogen-bond donors (Lipinski definition) is 1. The quantitative estimate of drug-likeness (QED) is 0.744. The van der Waals surface area contributed by atoms with Gasteiger partial charge in [0.25, 0.3) is 0 Å². The van der Waals surface area contributed by atoms with E-state index < -0.39 is 0 Å². The monoisotopic (exact) mass is 332 g/mol. The Bertz CT molecular complexity index is 536. The van der Waals surface area contributed by atoms with Crippen LogP contribution in [0.5, 0.6) is 5.75 Å². The zero-order valence-corrected chi connectivity index (χ0v) is 14.7. The minimum Gasteiger partial charge on any atom is -0.497 e. The number of ketones is 1. The topological polar surface area (TPSA) is 58.6 Å². The second kappa shape index (κ2) is 9.42. The lowest BCUT2D eigenvalue weighted by atomic mass is 10.0. The van der Waals surface area contributed by atoms with Crippen LogP contribution in [0.3, 0.4) is 0 Å². The lowest BCUT2D eigenvalue weighted by Crippen LogP contribution is -2.46. The average molecular weight is 332 g/mol. The zero-order valence-electron chi connectivity index (χ0n) is 14.7. The summed E-state index contributed by atoms with van der Waals surface area (Å²) >= 11 is 0. The first-order valence-electron chi connectivity index (χ1n) is 8.83. The van der Waals surface area contributed by atoms with Gasteiger partial charge >= 0.3 is 0 Å². The van der Waals surface area contributed by atoms with Gasteiger partial charge in [0.2, 0.25) is 5.91 Å². The Labute approximate surface area is 144 Å². The van der Waals surface area contributed by atoms with Crippen molar-refractivity contribution >= 4 is 11.7 Å². The molecule has 0 aliphatic carbocycles. The van der Waals surface area contributed by atoms with Crippen LogP contribution >= 0.6 is 0 Å². The Morgan fingerprint density at radius 1 is 1.17 bits per heavy atom. The summed E-state index contributed by atoms with van der Waals surface area (Å²) in [5.41, 5.74) is 0.632. The fourth-order valence-electron chi connectivity index (χ4n) is 3.16. The second-order valence-corrected chi connectivity index (χ2v) is 6.22. The summed E-state index contributed by atoms with van der Waals surface area (Å²) in [5.74, 6) is 0.834. The van der Waals surface area contributed by atoms with Gasteiger partial charge in [-0.15, -0.1) is 0 Å². The molecule has 0 unspecified atom stereocenters. The van der Waals surface area contributed by atoms with Gasteiger partial charge in [0.15, 0.2) is 5.78 Å². The van der Waals surface area contributed by atoms with Gasteiger partial charge in [0, 0.05) is 31.0 Å². The fourth-order valence-corrected chi connectivity index (χ4v) is 3.16. The van der Waals surface area contributed by atoms with Crippen LogP contribution in [0.2, 0.25) is 0 Å². The third kappa shape index (κ3) is 5.06. The van der Waals surface area contributed by atoms with E-state index in [1.807, 2.05) is 4.90 Å². The first-order chi connectivity index (χ1) is 11.7. The molecule has 132 valence electrons. The molecule has 0 radical (unpaired) electrons.